The van der Waals surface area contributed by atoms with Crippen LogP contribution in [-0.2, 0) is 4.74 Å². The van der Waals surface area contributed by atoms with E-state index >= 15 is 0 Å². The summed E-state index contributed by atoms with van der Waals surface area (Å²) in [6.07, 6.45) is 20.7. The van der Waals surface area contributed by atoms with Gasteiger partial charge in [0.05, 0.1) is 18.3 Å². The number of fused-ring (bicyclic) bond motifs is 2. The van der Waals surface area contributed by atoms with Crippen molar-refractivity contribution in [3.8, 4) is 0 Å². The molecule has 5 N–H and O–H groups in total. The molecule has 9 rings (SSSR count). The van der Waals surface area contributed by atoms with E-state index in [0.717, 1.165) is 43.3 Å². The van der Waals surface area contributed by atoms with Crippen molar-refractivity contribution in [2.45, 2.75) is 267 Å². The number of ether oxygens (including phenoxy) is 1. The van der Waals surface area contributed by atoms with Gasteiger partial charge < -0.3 is 21.3 Å². The van der Waals surface area contributed by atoms with Gasteiger partial charge in [-0.05, 0) is 132 Å². The number of likely N-dealkylation sites (tertiary alicyclic amines) is 1. The van der Waals surface area contributed by atoms with Gasteiger partial charge in [-0.1, -0.05) is 108 Å². The van der Waals surface area contributed by atoms with Gasteiger partial charge in [0.1, 0.15) is 0 Å². The topological polar surface area (TPSA) is 101 Å². The van der Waals surface area contributed by atoms with Crippen molar-refractivity contribution in [3.63, 3.8) is 0 Å². The average Bonchev–Trinajstić information content (AvgIpc) is 4.17. The molecule has 5 aliphatic carbocycles. The van der Waals surface area contributed by atoms with E-state index in [0.29, 0.717) is 58.0 Å². The van der Waals surface area contributed by atoms with Crippen LogP contribution < -0.4 is 11.5 Å². The van der Waals surface area contributed by atoms with Crippen molar-refractivity contribution in [2.75, 3.05) is 59.4 Å². The maximum absolute atomic E-state index is 9.58. The SMILES string of the molecule is CC(C)N1CCN([C@H]2CCCC(C)(C)[C@@H]2C)CC1.CC(C)N1CCN([C@H]2CCCC(C)(C)[C@@H]2N)CC1.CC1(C)CCCC2OC21.CC1(C)CCC[C@@H](N)[C@@H]1O.CN1C2CCCC(C)(C)C21. The van der Waals surface area contributed by atoms with Crippen molar-refractivity contribution >= 4 is 0 Å². The van der Waals surface area contributed by atoms with Gasteiger partial charge in [-0.25, -0.2) is 0 Å². The summed E-state index contributed by atoms with van der Waals surface area (Å²) in [5.41, 5.74) is 14.2. The summed E-state index contributed by atoms with van der Waals surface area (Å²) in [7, 11) is 2.27. The zero-order valence-electron chi connectivity index (χ0n) is 45.9. The lowest BCUT2D eigenvalue weighted by molar-refractivity contribution is -0.00212. The van der Waals surface area contributed by atoms with Crippen molar-refractivity contribution in [3.05, 3.63) is 0 Å². The van der Waals surface area contributed by atoms with Crippen LogP contribution in [0.3, 0.4) is 0 Å². The van der Waals surface area contributed by atoms with Gasteiger partial charge in [0.25, 0.3) is 0 Å². The number of aliphatic hydroxyl groups excluding tert-OH is 1. The van der Waals surface area contributed by atoms with E-state index in [1.807, 2.05) is 0 Å². The fourth-order valence-electron chi connectivity index (χ4n) is 13.9. The molecular formula is C56H111N7O2. The Bertz CT molecular complexity index is 1340. The van der Waals surface area contributed by atoms with Crippen LogP contribution in [0, 0.1) is 33.0 Å². The smallest absolute Gasteiger partial charge is 0.0892 e. The summed E-state index contributed by atoms with van der Waals surface area (Å²) in [5.74, 6) is 0.844. The largest absolute Gasteiger partial charge is 0.391 e. The first-order chi connectivity index (χ1) is 30.2. The molecule has 5 unspecified atom stereocenters. The molecule has 4 saturated heterocycles. The van der Waals surface area contributed by atoms with Crippen LogP contribution in [0.15, 0.2) is 0 Å². The number of likely N-dealkylation sites (N-methyl/N-ethyl adjacent to an activating group) is 1. The molecule has 9 heteroatoms. The maximum atomic E-state index is 9.58. The fourth-order valence-corrected chi connectivity index (χ4v) is 13.9. The van der Waals surface area contributed by atoms with Crippen molar-refractivity contribution in [1.82, 2.24) is 24.5 Å². The highest BCUT2D eigenvalue weighted by molar-refractivity contribution is 5.10. The van der Waals surface area contributed by atoms with E-state index in [1.54, 1.807) is 0 Å². The second kappa shape index (κ2) is 22.8. The maximum Gasteiger partial charge on any atom is 0.0892 e. The zero-order chi connectivity index (χ0) is 48.3. The third-order valence-corrected chi connectivity index (χ3v) is 19.5. The van der Waals surface area contributed by atoms with E-state index < -0.39 is 0 Å². The van der Waals surface area contributed by atoms with Crippen LogP contribution in [0.2, 0.25) is 0 Å². The lowest BCUT2D eigenvalue weighted by atomic mass is 9.67. The van der Waals surface area contributed by atoms with E-state index in [-0.39, 0.29) is 17.6 Å². The van der Waals surface area contributed by atoms with Crippen LogP contribution in [-0.4, -0.2) is 156 Å². The minimum absolute atomic E-state index is 0.00347. The molecule has 0 aromatic carbocycles. The molecule has 9 fully saturated rings. The van der Waals surface area contributed by atoms with Crippen LogP contribution >= 0.6 is 0 Å². The van der Waals surface area contributed by atoms with E-state index in [4.69, 9.17) is 16.2 Å². The van der Waals surface area contributed by atoms with E-state index in [2.05, 4.69) is 135 Å². The number of nitrogens with zero attached hydrogens (tertiary/aromatic N) is 5. The Morgan fingerprint density at radius 3 is 1.37 bits per heavy atom. The molecule has 382 valence electrons. The second-order valence-corrected chi connectivity index (χ2v) is 27.1. The van der Waals surface area contributed by atoms with Crippen LogP contribution in [0.4, 0.5) is 0 Å². The monoisotopic (exact) mass is 914 g/mol. The van der Waals surface area contributed by atoms with Gasteiger partial charge in [0, 0.05) is 101 Å². The molecule has 5 saturated carbocycles. The zero-order valence-corrected chi connectivity index (χ0v) is 45.9. The molecule has 4 heterocycles. The highest BCUT2D eigenvalue weighted by Crippen LogP contribution is 2.50. The minimum Gasteiger partial charge on any atom is -0.391 e. The van der Waals surface area contributed by atoms with Gasteiger partial charge in [-0.15, -0.1) is 0 Å². The fraction of sp³-hybridized carbons (Fsp3) is 1.00. The summed E-state index contributed by atoms with van der Waals surface area (Å²) >= 11 is 0. The predicted octanol–water partition coefficient (Wildman–Crippen LogP) is 9.87. The Labute approximate surface area is 403 Å². The van der Waals surface area contributed by atoms with Crippen LogP contribution in [0.1, 0.15) is 200 Å². The number of hydrogen-bond donors (Lipinski definition) is 3. The number of nitrogens with two attached hydrogens (primary N) is 2. The summed E-state index contributed by atoms with van der Waals surface area (Å²) in [5, 5.41) is 9.58. The molecular weight excluding hydrogens is 803 g/mol. The predicted molar refractivity (Wildman–Crippen MR) is 277 cm³/mol. The minimum atomic E-state index is -0.304. The third kappa shape index (κ3) is 14.6. The molecule has 0 amide bonds. The first kappa shape index (κ1) is 55.6. The Hall–Kier alpha value is -0.360. The lowest BCUT2D eigenvalue weighted by Gasteiger charge is -2.49. The van der Waals surface area contributed by atoms with Gasteiger partial charge in [0.15, 0.2) is 0 Å². The molecule has 9 nitrogen and oxygen atoms in total. The highest BCUT2D eigenvalue weighted by Gasteiger charge is 2.55. The first-order valence-corrected chi connectivity index (χ1v) is 27.7. The Morgan fingerprint density at radius 2 is 0.923 bits per heavy atom. The quantitative estimate of drug-likeness (QED) is 0.238. The summed E-state index contributed by atoms with van der Waals surface area (Å²) < 4.78 is 5.49. The number of epoxide rings is 1. The summed E-state index contributed by atoms with van der Waals surface area (Å²) in [4.78, 5) is 13.2. The van der Waals surface area contributed by atoms with Crippen molar-refractivity contribution < 1.29 is 9.84 Å². The number of hydrogen-bond acceptors (Lipinski definition) is 9. The van der Waals surface area contributed by atoms with Gasteiger partial charge in [-0.2, -0.15) is 0 Å². The molecule has 9 aliphatic rings. The average molecular weight is 915 g/mol. The van der Waals surface area contributed by atoms with Gasteiger partial charge >= 0.3 is 0 Å². The van der Waals surface area contributed by atoms with E-state index in [9.17, 15) is 5.11 Å². The molecule has 0 aromatic rings. The molecule has 0 radical (unpaired) electrons. The molecule has 0 spiro atoms. The van der Waals surface area contributed by atoms with Gasteiger partial charge in [-0.3, -0.25) is 24.5 Å². The highest BCUT2D eigenvalue weighted by atomic mass is 16.6. The molecule has 0 bridgehead atoms. The summed E-state index contributed by atoms with van der Waals surface area (Å²) in [6, 6.07) is 5.06. The standard InChI is InChI=1S/C16H32N2.C15H31N3.C9H17N.C8H17NO.C8H14O/c1-13(2)17-9-11-18(12-10-17)15-7-6-8-16(4,5)14(15)3;1-12(2)17-8-10-18(11-9-17)13-6-5-7-15(3,4)14(13)16;1-9(2)6-4-5-7-8(9)10(7)3;1-8(2)5-3-4-6(9)7(8)10;1-8(2)5-3-4-6-7(8)9-6/h13-15H,6-12H2,1-5H3;12-14H,5-11,16H2,1-4H3;7-8H,4-6H2,1-3H3;6-7,10H,3-5,9H2,1-2H3;6-7H,3-5H2,1-2H3/t14-,15+;13-,14+;;6-,7+;/m10.1./s1. The third-order valence-electron chi connectivity index (χ3n) is 19.5. The molecule has 4 aliphatic heterocycles. The first-order valence-electron chi connectivity index (χ1n) is 27.7. The molecule has 65 heavy (non-hydrogen) atoms. The summed E-state index contributed by atoms with van der Waals surface area (Å²) in [6.45, 7) is 44.9. The van der Waals surface area contributed by atoms with E-state index in [1.165, 1.54) is 129 Å². The number of aliphatic hydroxyl groups is 1. The Kier molecular flexibility index (Phi) is 19.5. The van der Waals surface area contributed by atoms with Crippen molar-refractivity contribution in [2.24, 2.45) is 44.5 Å². The second-order valence-electron chi connectivity index (χ2n) is 27.1. The van der Waals surface area contributed by atoms with Crippen molar-refractivity contribution in [1.29, 1.82) is 0 Å². The Balaban J connectivity index is 0.000000157. The molecule has 11 atom stereocenters. The lowest BCUT2D eigenvalue weighted by Crippen LogP contribution is -2.61. The molecule has 0 aromatic heterocycles. The normalized spacial score (nSPS) is 39.6. The van der Waals surface area contributed by atoms with Crippen LogP contribution in [0.25, 0.3) is 0 Å². The Morgan fingerprint density at radius 1 is 0.508 bits per heavy atom. The number of rotatable bonds is 4. The van der Waals surface area contributed by atoms with Crippen LogP contribution in [0.5, 0.6) is 0 Å². The van der Waals surface area contributed by atoms with Gasteiger partial charge in [0.2, 0.25) is 0 Å². The number of piperazine rings is 2.